The van der Waals surface area contributed by atoms with Crippen LogP contribution in [0.4, 0.5) is 0 Å². The van der Waals surface area contributed by atoms with Gasteiger partial charge in [-0.1, -0.05) is 17.7 Å². The van der Waals surface area contributed by atoms with Gasteiger partial charge in [-0.05, 0) is 47.0 Å². The van der Waals surface area contributed by atoms with Gasteiger partial charge in [0.1, 0.15) is 5.82 Å². The standard InChI is InChI=1S/C15H21Cl2N3/c1-10(16)14-18-12-8-6-7-11(17)13(12)20(14)9-15(2,3)19(4)5/h6-8,10H,9H2,1-5H3. The van der Waals surface area contributed by atoms with E-state index >= 15 is 0 Å². The van der Waals surface area contributed by atoms with Crippen LogP contribution in [0.5, 0.6) is 0 Å². The number of rotatable bonds is 4. The number of fused-ring (bicyclic) bond motifs is 1. The number of nitrogens with zero attached hydrogens (tertiary/aromatic N) is 3. The molecule has 5 heteroatoms. The third-order valence-corrected chi connectivity index (χ3v) is 4.36. The highest BCUT2D eigenvalue weighted by atomic mass is 35.5. The van der Waals surface area contributed by atoms with Gasteiger partial charge in [-0.15, -0.1) is 11.6 Å². The van der Waals surface area contributed by atoms with E-state index in [2.05, 4.69) is 42.4 Å². The maximum atomic E-state index is 6.37. The van der Waals surface area contributed by atoms with E-state index in [1.165, 1.54) is 0 Å². The highest BCUT2D eigenvalue weighted by Crippen LogP contribution is 2.31. The third-order valence-electron chi connectivity index (χ3n) is 3.86. The lowest BCUT2D eigenvalue weighted by Crippen LogP contribution is -2.42. The Morgan fingerprint density at radius 3 is 2.55 bits per heavy atom. The van der Waals surface area contributed by atoms with Gasteiger partial charge in [-0.3, -0.25) is 0 Å². The first kappa shape index (κ1) is 15.6. The van der Waals surface area contributed by atoms with E-state index in [-0.39, 0.29) is 10.9 Å². The molecule has 0 radical (unpaired) electrons. The summed E-state index contributed by atoms with van der Waals surface area (Å²) in [6, 6.07) is 5.79. The summed E-state index contributed by atoms with van der Waals surface area (Å²) in [5.74, 6) is 0.865. The zero-order valence-electron chi connectivity index (χ0n) is 12.6. The van der Waals surface area contributed by atoms with Gasteiger partial charge in [0, 0.05) is 12.1 Å². The van der Waals surface area contributed by atoms with Crippen LogP contribution in [0.3, 0.4) is 0 Å². The molecule has 0 aliphatic heterocycles. The van der Waals surface area contributed by atoms with Gasteiger partial charge in [0.25, 0.3) is 0 Å². The molecule has 0 amide bonds. The average molecular weight is 314 g/mol. The van der Waals surface area contributed by atoms with Crippen LogP contribution in [-0.4, -0.2) is 34.1 Å². The summed E-state index contributed by atoms with van der Waals surface area (Å²) < 4.78 is 2.15. The fraction of sp³-hybridized carbons (Fsp3) is 0.533. The Bertz CT molecular complexity index is 615. The zero-order chi connectivity index (χ0) is 15.1. The normalized spacial score (nSPS) is 14.2. The van der Waals surface area contributed by atoms with Crippen molar-refractivity contribution in [2.75, 3.05) is 14.1 Å². The molecule has 1 aromatic heterocycles. The lowest BCUT2D eigenvalue weighted by molar-refractivity contribution is 0.170. The minimum absolute atomic E-state index is 0.0205. The molecule has 110 valence electrons. The first-order chi connectivity index (χ1) is 9.24. The van der Waals surface area contributed by atoms with Gasteiger partial charge < -0.3 is 9.47 Å². The summed E-state index contributed by atoms with van der Waals surface area (Å²) in [7, 11) is 4.15. The zero-order valence-corrected chi connectivity index (χ0v) is 14.1. The number of alkyl halides is 1. The van der Waals surface area contributed by atoms with Crippen LogP contribution >= 0.6 is 23.2 Å². The SMILES string of the molecule is CC(Cl)c1nc2cccc(Cl)c2n1CC(C)(C)N(C)C. The van der Waals surface area contributed by atoms with Crippen LogP contribution in [0.2, 0.25) is 5.02 Å². The quantitative estimate of drug-likeness (QED) is 0.783. The number of benzene rings is 1. The molecule has 0 spiro atoms. The fourth-order valence-electron chi connectivity index (χ4n) is 2.15. The molecule has 2 aromatic rings. The Balaban J connectivity index is 2.63. The van der Waals surface area contributed by atoms with Crippen molar-refractivity contribution in [2.45, 2.75) is 38.2 Å². The number of para-hydroxylation sites is 1. The molecule has 0 aliphatic carbocycles. The van der Waals surface area contributed by atoms with Crippen molar-refractivity contribution in [2.24, 2.45) is 0 Å². The number of halogens is 2. The Morgan fingerprint density at radius 2 is 2.00 bits per heavy atom. The molecule has 1 unspecified atom stereocenters. The summed E-state index contributed by atoms with van der Waals surface area (Å²) in [4.78, 5) is 6.84. The van der Waals surface area contributed by atoms with Crippen LogP contribution < -0.4 is 0 Å². The molecule has 0 bridgehead atoms. The van der Waals surface area contributed by atoms with Crippen LogP contribution in [0.15, 0.2) is 18.2 Å². The van der Waals surface area contributed by atoms with E-state index in [1.54, 1.807) is 0 Å². The summed E-state index contributed by atoms with van der Waals surface area (Å²) in [6.07, 6.45) is 0. The second kappa shape index (κ2) is 5.55. The van der Waals surface area contributed by atoms with E-state index in [9.17, 15) is 0 Å². The highest BCUT2D eigenvalue weighted by Gasteiger charge is 2.26. The minimum Gasteiger partial charge on any atom is -0.324 e. The van der Waals surface area contributed by atoms with Crippen molar-refractivity contribution in [1.82, 2.24) is 14.5 Å². The number of imidazole rings is 1. The Morgan fingerprint density at radius 1 is 1.35 bits per heavy atom. The Hall–Kier alpha value is -0.770. The van der Waals surface area contributed by atoms with Crippen molar-refractivity contribution < 1.29 is 0 Å². The number of aromatic nitrogens is 2. The second-order valence-electron chi connectivity index (χ2n) is 5.99. The molecule has 1 aromatic carbocycles. The molecule has 0 fully saturated rings. The number of hydrogen-bond acceptors (Lipinski definition) is 2. The monoisotopic (exact) mass is 313 g/mol. The lowest BCUT2D eigenvalue weighted by atomic mass is 10.0. The summed E-state index contributed by atoms with van der Waals surface area (Å²) >= 11 is 12.7. The van der Waals surface area contributed by atoms with Gasteiger partial charge in [0.15, 0.2) is 0 Å². The third kappa shape index (κ3) is 2.80. The fourth-order valence-corrected chi connectivity index (χ4v) is 2.59. The van der Waals surface area contributed by atoms with E-state index in [0.717, 1.165) is 23.4 Å². The number of hydrogen-bond donors (Lipinski definition) is 0. The molecular weight excluding hydrogens is 293 g/mol. The molecule has 1 heterocycles. The van der Waals surface area contributed by atoms with Crippen molar-refractivity contribution in [1.29, 1.82) is 0 Å². The van der Waals surface area contributed by atoms with Crippen LogP contribution in [-0.2, 0) is 6.54 Å². The predicted molar refractivity (Wildman–Crippen MR) is 86.8 cm³/mol. The average Bonchev–Trinajstić information content (AvgIpc) is 2.68. The van der Waals surface area contributed by atoms with Crippen molar-refractivity contribution >= 4 is 34.2 Å². The molecular formula is C15H21Cl2N3. The lowest BCUT2D eigenvalue weighted by Gasteiger charge is -2.33. The van der Waals surface area contributed by atoms with Gasteiger partial charge in [0.05, 0.1) is 21.4 Å². The summed E-state index contributed by atoms with van der Waals surface area (Å²) in [5, 5.41) is 0.560. The van der Waals surface area contributed by atoms with E-state index in [4.69, 9.17) is 23.2 Å². The van der Waals surface area contributed by atoms with Gasteiger partial charge in [0.2, 0.25) is 0 Å². The largest absolute Gasteiger partial charge is 0.324 e. The van der Waals surface area contributed by atoms with Gasteiger partial charge >= 0.3 is 0 Å². The molecule has 3 nitrogen and oxygen atoms in total. The second-order valence-corrected chi connectivity index (χ2v) is 7.05. The van der Waals surface area contributed by atoms with Gasteiger partial charge in [-0.25, -0.2) is 4.98 Å². The maximum absolute atomic E-state index is 6.37. The molecule has 0 N–H and O–H groups in total. The van der Waals surface area contributed by atoms with E-state index < -0.39 is 0 Å². The Kier molecular flexibility index (Phi) is 4.33. The minimum atomic E-state index is -0.156. The Labute approximate surface area is 130 Å². The topological polar surface area (TPSA) is 21.1 Å². The molecule has 2 rings (SSSR count). The molecule has 20 heavy (non-hydrogen) atoms. The smallest absolute Gasteiger partial charge is 0.127 e. The molecule has 0 aliphatic rings. The van der Waals surface area contributed by atoms with E-state index in [1.807, 2.05) is 25.1 Å². The first-order valence-electron chi connectivity index (χ1n) is 6.70. The maximum Gasteiger partial charge on any atom is 0.127 e. The van der Waals surface area contributed by atoms with Crippen molar-refractivity contribution in [3.05, 3.63) is 29.0 Å². The molecule has 0 saturated heterocycles. The van der Waals surface area contributed by atoms with E-state index in [0.29, 0.717) is 5.02 Å². The van der Waals surface area contributed by atoms with Gasteiger partial charge in [-0.2, -0.15) is 0 Å². The first-order valence-corrected chi connectivity index (χ1v) is 7.51. The van der Waals surface area contributed by atoms with Crippen LogP contribution in [0.1, 0.15) is 32.0 Å². The van der Waals surface area contributed by atoms with Crippen molar-refractivity contribution in [3.8, 4) is 0 Å². The van der Waals surface area contributed by atoms with Crippen LogP contribution in [0, 0.1) is 0 Å². The summed E-state index contributed by atoms with van der Waals surface area (Å²) in [5.41, 5.74) is 1.84. The number of likely N-dealkylation sites (N-methyl/N-ethyl adjacent to an activating group) is 1. The van der Waals surface area contributed by atoms with Crippen molar-refractivity contribution in [3.63, 3.8) is 0 Å². The highest BCUT2D eigenvalue weighted by molar-refractivity contribution is 6.35. The summed E-state index contributed by atoms with van der Waals surface area (Å²) in [6.45, 7) is 7.11. The molecule has 1 atom stereocenters. The molecule has 0 saturated carbocycles. The van der Waals surface area contributed by atoms with Crippen LogP contribution in [0.25, 0.3) is 11.0 Å². The predicted octanol–water partition coefficient (Wildman–Crippen LogP) is 4.33.